The van der Waals surface area contributed by atoms with E-state index in [0.717, 1.165) is 0 Å². The fourth-order valence-corrected chi connectivity index (χ4v) is 0.707. The largest absolute Gasteiger partial charge is 0.464 e. The molecule has 0 saturated carbocycles. The Morgan fingerprint density at radius 3 is 2.85 bits per heavy atom. The Hall–Kier alpha value is -0.650. The van der Waals surface area contributed by atoms with E-state index in [4.69, 9.17) is 9.84 Å². The number of hydrogen-bond acceptors (Lipinski definition) is 5. The number of hydrogen-bond donors (Lipinski definition) is 2. The molecular weight excluding hydrogens is 174 g/mol. The van der Waals surface area contributed by atoms with Crippen LogP contribution in [0, 0.1) is 0 Å². The molecule has 0 spiro atoms. The molecule has 0 aromatic rings. The SMILES string of the molecule is CCOC(=O)COCCNCCO. The zero-order chi connectivity index (χ0) is 9.94. The lowest BCUT2D eigenvalue weighted by Crippen LogP contribution is -2.24. The highest BCUT2D eigenvalue weighted by atomic mass is 16.6. The van der Waals surface area contributed by atoms with Crippen LogP contribution in [0.25, 0.3) is 0 Å². The molecule has 5 nitrogen and oxygen atoms in total. The number of esters is 1. The smallest absolute Gasteiger partial charge is 0.332 e. The molecule has 0 atom stereocenters. The summed E-state index contributed by atoms with van der Waals surface area (Å²) in [6.45, 7) is 3.85. The van der Waals surface area contributed by atoms with E-state index in [0.29, 0.717) is 26.3 Å². The lowest BCUT2D eigenvalue weighted by atomic mass is 10.6. The quantitative estimate of drug-likeness (QED) is 0.386. The normalized spacial score (nSPS) is 10.0. The van der Waals surface area contributed by atoms with Crippen molar-refractivity contribution >= 4 is 5.97 Å². The summed E-state index contributed by atoms with van der Waals surface area (Å²) in [5.74, 6) is -0.343. The molecule has 5 heteroatoms. The van der Waals surface area contributed by atoms with Gasteiger partial charge in [-0.1, -0.05) is 0 Å². The Kier molecular flexibility index (Phi) is 8.97. The monoisotopic (exact) mass is 191 g/mol. The van der Waals surface area contributed by atoms with Gasteiger partial charge in [-0.3, -0.25) is 0 Å². The lowest BCUT2D eigenvalue weighted by molar-refractivity contribution is -0.148. The van der Waals surface area contributed by atoms with E-state index < -0.39 is 0 Å². The average Bonchev–Trinajstić information content (AvgIpc) is 2.11. The van der Waals surface area contributed by atoms with E-state index in [-0.39, 0.29) is 19.2 Å². The molecule has 0 bridgehead atoms. The minimum absolute atomic E-state index is 0.00531. The molecule has 0 aliphatic rings. The van der Waals surface area contributed by atoms with Gasteiger partial charge in [-0.2, -0.15) is 0 Å². The summed E-state index contributed by atoms with van der Waals surface area (Å²) in [6.07, 6.45) is 0. The number of aliphatic hydroxyl groups excluding tert-OH is 1. The van der Waals surface area contributed by atoms with Gasteiger partial charge in [0.15, 0.2) is 0 Å². The predicted molar refractivity (Wildman–Crippen MR) is 47.4 cm³/mol. The van der Waals surface area contributed by atoms with Gasteiger partial charge >= 0.3 is 5.97 Å². The standard InChI is InChI=1S/C8H17NO4/c1-2-13-8(11)7-12-6-4-9-3-5-10/h9-10H,2-7H2,1H3. The van der Waals surface area contributed by atoms with Crippen molar-refractivity contribution in [1.29, 1.82) is 0 Å². The maximum atomic E-state index is 10.7. The van der Waals surface area contributed by atoms with Crippen molar-refractivity contribution in [3.05, 3.63) is 0 Å². The molecule has 0 unspecified atom stereocenters. The second kappa shape index (κ2) is 9.44. The number of nitrogens with one attached hydrogen (secondary N) is 1. The molecule has 13 heavy (non-hydrogen) atoms. The lowest BCUT2D eigenvalue weighted by Gasteiger charge is -2.04. The Labute approximate surface area is 78.0 Å². The minimum atomic E-state index is -0.343. The third-order valence-electron chi connectivity index (χ3n) is 1.24. The summed E-state index contributed by atoms with van der Waals surface area (Å²) in [4.78, 5) is 10.7. The van der Waals surface area contributed by atoms with Gasteiger partial charge in [-0.25, -0.2) is 4.79 Å². The molecule has 0 aromatic heterocycles. The van der Waals surface area contributed by atoms with Crippen molar-refractivity contribution in [3.8, 4) is 0 Å². The Morgan fingerprint density at radius 1 is 1.46 bits per heavy atom. The summed E-state index contributed by atoms with van der Waals surface area (Å²) in [7, 11) is 0. The van der Waals surface area contributed by atoms with Crippen LogP contribution in [-0.2, 0) is 14.3 Å². The van der Waals surface area contributed by atoms with Crippen LogP contribution in [0.15, 0.2) is 0 Å². The molecule has 0 aliphatic carbocycles. The van der Waals surface area contributed by atoms with E-state index in [1.165, 1.54) is 0 Å². The summed E-state index contributed by atoms with van der Waals surface area (Å²) >= 11 is 0. The van der Waals surface area contributed by atoms with Crippen molar-refractivity contribution in [2.24, 2.45) is 0 Å². The first-order valence-corrected chi connectivity index (χ1v) is 4.36. The first-order valence-electron chi connectivity index (χ1n) is 4.36. The molecule has 0 aromatic carbocycles. The highest BCUT2D eigenvalue weighted by Gasteiger charge is 1.99. The van der Waals surface area contributed by atoms with Gasteiger partial charge in [0.1, 0.15) is 6.61 Å². The van der Waals surface area contributed by atoms with Crippen molar-refractivity contribution < 1.29 is 19.4 Å². The van der Waals surface area contributed by atoms with Crippen molar-refractivity contribution in [1.82, 2.24) is 5.32 Å². The van der Waals surface area contributed by atoms with E-state index in [2.05, 4.69) is 10.1 Å². The van der Waals surface area contributed by atoms with Crippen LogP contribution in [-0.4, -0.2) is 50.6 Å². The number of carbonyl (C=O) groups is 1. The van der Waals surface area contributed by atoms with Gasteiger partial charge in [-0.05, 0) is 6.92 Å². The van der Waals surface area contributed by atoms with Crippen LogP contribution in [0.2, 0.25) is 0 Å². The molecule has 0 radical (unpaired) electrons. The fourth-order valence-electron chi connectivity index (χ4n) is 0.707. The molecule has 2 N–H and O–H groups in total. The van der Waals surface area contributed by atoms with Crippen molar-refractivity contribution in [3.63, 3.8) is 0 Å². The van der Waals surface area contributed by atoms with Crippen LogP contribution in [0.5, 0.6) is 0 Å². The van der Waals surface area contributed by atoms with Crippen LogP contribution >= 0.6 is 0 Å². The molecular formula is C8H17NO4. The maximum absolute atomic E-state index is 10.7. The van der Waals surface area contributed by atoms with E-state index in [9.17, 15) is 4.79 Å². The van der Waals surface area contributed by atoms with Gasteiger partial charge in [0.25, 0.3) is 0 Å². The van der Waals surface area contributed by atoms with Crippen LogP contribution < -0.4 is 5.32 Å². The maximum Gasteiger partial charge on any atom is 0.332 e. The average molecular weight is 191 g/mol. The topological polar surface area (TPSA) is 67.8 Å². The highest BCUT2D eigenvalue weighted by Crippen LogP contribution is 1.80. The van der Waals surface area contributed by atoms with Crippen molar-refractivity contribution in [2.75, 3.05) is 39.5 Å². The second-order valence-electron chi connectivity index (χ2n) is 2.33. The first kappa shape index (κ1) is 12.3. The molecule has 0 aliphatic heterocycles. The summed E-state index contributed by atoms with van der Waals surface area (Å²) in [5.41, 5.74) is 0. The number of ether oxygens (including phenoxy) is 2. The van der Waals surface area contributed by atoms with Crippen LogP contribution in [0.4, 0.5) is 0 Å². The number of carbonyl (C=O) groups excluding carboxylic acids is 1. The molecule has 0 rings (SSSR count). The van der Waals surface area contributed by atoms with Crippen LogP contribution in [0.3, 0.4) is 0 Å². The van der Waals surface area contributed by atoms with Gasteiger partial charge in [0.2, 0.25) is 0 Å². The second-order valence-corrected chi connectivity index (χ2v) is 2.33. The molecule has 0 saturated heterocycles. The Morgan fingerprint density at radius 2 is 2.23 bits per heavy atom. The molecule has 0 amide bonds. The molecule has 0 heterocycles. The highest BCUT2D eigenvalue weighted by molar-refractivity contribution is 5.70. The van der Waals surface area contributed by atoms with E-state index in [1.807, 2.05) is 0 Å². The zero-order valence-corrected chi connectivity index (χ0v) is 7.91. The van der Waals surface area contributed by atoms with Gasteiger partial charge in [0.05, 0.1) is 19.8 Å². The molecule has 0 fully saturated rings. The van der Waals surface area contributed by atoms with Gasteiger partial charge < -0.3 is 19.9 Å². The Bertz CT molecular complexity index is 129. The minimum Gasteiger partial charge on any atom is -0.464 e. The zero-order valence-electron chi connectivity index (χ0n) is 7.91. The number of rotatable bonds is 8. The van der Waals surface area contributed by atoms with Crippen LogP contribution in [0.1, 0.15) is 6.92 Å². The predicted octanol–water partition coefficient (Wildman–Crippen LogP) is -0.852. The fraction of sp³-hybridized carbons (Fsp3) is 0.875. The number of aliphatic hydroxyl groups is 1. The summed E-state index contributed by atoms with van der Waals surface area (Å²) in [5, 5.41) is 11.3. The third-order valence-corrected chi connectivity index (χ3v) is 1.24. The van der Waals surface area contributed by atoms with Gasteiger partial charge in [-0.15, -0.1) is 0 Å². The Balaban J connectivity index is 3.02. The van der Waals surface area contributed by atoms with E-state index in [1.54, 1.807) is 6.92 Å². The first-order chi connectivity index (χ1) is 6.31. The van der Waals surface area contributed by atoms with Gasteiger partial charge in [0, 0.05) is 13.1 Å². The van der Waals surface area contributed by atoms with E-state index >= 15 is 0 Å². The summed E-state index contributed by atoms with van der Waals surface area (Å²) < 4.78 is 9.62. The molecule has 78 valence electrons. The third kappa shape index (κ3) is 9.26. The summed E-state index contributed by atoms with van der Waals surface area (Å²) in [6, 6.07) is 0. The van der Waals surface area contributed by atoms with Crippen molar-refractivity contribution in [2.45, 2.75) is 6.92 Å².